The number of hydrogen-bond donors (Lipinski definition) is 1. The first-order valence-corrected chi connectivity index (χ1v) is 10.1. The van der Waals surface area contributed by atoms with Gasteiger partial charge in [-0.1, -0.05) is 36.4 Å². The molecular weight excluding hydrogens is 364 g/mol. The third-order valence-corrected chi connectivity index (χ3v) is 5.34. The van der Waals surface area contributed by atoms with Gasteiger partial charge in [0.15, 0.2) is 6.61 Å². The molecule has 7 heteroatoms. The van der Waals surface area contributed by atoms with Crippen LogP contribution >= 0.6 is 0 Å². The van der Waals surface area contributed by atoms with Crippen LogP contribution in [0.5, 0.6) is 5.75 Å². The summed E-state index contributed by atoms with van der Waals surface area (Å²) in [6.07, 6.45) is 1.13. The topological polar surface area (TPSA) is 75.7 Å². The molecule has 0 heterocycles. The second-order valence-electron chi connectivity index (χ2n) is 6.09. The zero-order valence-corrected chi connectivity index (χ0v) is 15.9. The van der Waals surface area contributed by atoms with Gasteiger partial charge in [-0.05, 0) is 35.7 Å². The molecule has 0 atom stereocenters. The van der Waals surface area contributed by atoms with Crippen molar-refractivity contribution in [2.75, 3.05) is 29.5 Å². The van der Waals surface area contributed by atoms with Crippen LogP contribution in [0.3, 0.4) is 0 Å². The number of carbonyl (C=O) groups excluding carboxylic acids is 1. The fourth-order valence-electron chi connectivity index (χ4n) is 2.61. The van der Waals surface area contributed by atoms with E-state index in [4.69, 9.17) is 4.74 Å². The Bertz CT molecular complexity index is 1060. The van der Waals surface area contributed by atoms with Crippen LogP contribution in [0.2, 0.25) is 0 Å². The molecular formula is C20H20N2O4S. The predicted octanol–water partition coefficient (Wildman–Crippen LogP) is 3.25. The van der Waals surface area contributed by atoms with Gasteiger partial charge in [0.2, 0.25) is 10.0 Å². The van der Waals surface area contributed by atoms with E-state index in [1.165, 1.54) is 11.4 Å². The summed E-state index contributed by atoms with van der Waals surface area (Å²) >= 11 is 0. The van der Waals surface area contributed by atoms with Gasteiger partial charge < -0.3 is 10.1 Å². The van der Waals surface area contributed by atoms with Gasteiger partial charge in [-0.15, -0.1) is 0 Å². The molecule has 27 heavy (non-hydrogen) atoms. The molecule has 0 unspecified atom stereocenters. The van der Waals surface area contributed by atoms with Crippen molar-refractivity contribution < 1.29 is 17.9 Å². The molecule has 0 aliphatic rings. The van der Waals surface area contributed by atoms with E-state index in [0.717, 1.165) is 22.7 Å². The number of ether oxygens (including phenoxy) is 1. The lowest BCUT2D eigenvalue weighted by Gasteiger charge is -2.16. The summed E-state index contributed by atoms with van der Waals surface area (Å²) < 4.78 is 29.7. The van der Waals surface area contributed by atoms with Gasteiger partial charge in [0.25, 0.3) is 5.91 Å². The highest BCUT2D eigenvalue weighted by Gasteiger charge is 2.12. The van der Waals surface area contributed by atoms with Crippen molar-refractivity contribution in [3.8, 4) is 5.75 Å². The molecule has 140 valence electrons. The molecule has 0 fully saturated rings. The summed E-state index contributed by atoms with van der Waals surface area (Å²) in [4.78, 5) is 12.2. The molecule has 3 aromatic rings. The van der Waals surface area contributed by atoms with Crippen molar-refractivity contribution in [3.05, 3.63) is 66.7 Å². The molecule has 6 nitrogen and oxygen atoms in total. The molecule has 0 aliphatic heterocycles. The fraction of sp³-hybridized carbons (Fsp3) is 0.150. The first-order chi connectivity index (χ1) is 12.8. The van der Waals surface area contributed by atoms with Crippen LogP contribution in [0.15, 0.2) is 66.7 Å². The lowest BCUT2D eigenvalue weighted by atomic mass is 10.1. The number of anilines is 2. The Morgan fingerprint density at radius 1 is 1.00 bits per heavy atom. The zero-order chi connectivity index (χ0) is 19.4. The number of benzene rings is 3. The van der Waals surface area contributed by atoms with Gasteiger partial charge in [-0.3, -0.25) is 9.10 Å². The van der Waals surface area contributed by atoms with Crippen molar-refractivity contribution in [1.29, 1.82) is 0 Å². The Kier molecular flexibility index (Phi) is 5.32. The van der Waals surface area contributed by atoms with Gasteiger partial charge >= 0.3 is 0 Å². The number of hydrogen-bond acceptors (Lipinski definition) is 4. The number of fused-ring (bicyclic) bond motifs is 1. The minimum absolute atomic E-state index is 0.148. The Hall–Kier alpha value is -3.06. The van der Waals surface area contributed by atoms with Crippen LogP contribution in [0.4, 0.5) is 11.4 Å². The largest absolute Gasteiger partial charge is 0.484 e. The van der Waals surface area contributed by atoms with Crippen LogP contribution in [-0.2, 0) is 14.8 Å². The van der Waals surface area contributed by atoms with E-state index in [1.54, 1.807) is 24.3 Å². The van der Waals surface area contributed by atoms with Crippen LogP contribution < -0.4 is 14.4 Å². The Balaban J connectivity index is 1.62. The van der Waals surface area contributed by atoms with E-state index < -0.39 is 10.0 Å². The van der Waals surface area contributed by atoms with Gasteiger partial charge in [0, 0.05) is 18.1 Å². The Labute approximate surface area is 158 Å². The molecule has 0 bridgehead atoms. The van der Waals surface area contributed by atoms with Gasteiger partial charge in [-0.2, -0.15) is 0 Å². The normalized spacial score (nSPS) is 11.2. The number of rotatable bonds is 6. The predicted molar refractivity (Wildman–Crippen MR) is 108 cm³/mol. The number of sulfonamides is 1. The summed E-state index contributed by atoms with van der Waals surface area (Å²) in [6.45, 7) is -0.148. The molecule has 0 radical (unpaired) electrons. The van der Waals surface area contributed by atoms with Crippen molar-refractivity contribution in [3.63, 3.8) is 0 Å². The van der Waals surface area contributed by atoms with E-state index in [-0.39, 0.29) is 12.5 Å². The Morgan fingerprint density at radius 3 is 2.37 bits per heavy atom. The molecule has 0 spiro atoms. The van der Waals surface area contributed by atoms with Crippen LogP contribution in [-0.4, -0.2) is 34.2 Å². The average Bonchev–Trinajstić information content (AvgIpc) is 2.66. The lowest BCUT2D eigenvalue weighted by molar-refractivity contribution is -0.118. The maximum Gasteiger partial charge on any atom is 0.262 e. The van der Waals surface area contributed by atoms with E-state index in [1.807, 2.05) is 42.5 Å². The molecule has 0 aliphatic carbocycles. The van der Waals surface area contributed by atoms with Gasteiger partial charge in [-0.25, -0.2) is 8.42 Å². The third kappa shape index (κ3) is 4.57. The van der Waals surface area contributed by atoms with Crippen molar-refractivity contribution in [1.82, 2.24) is 0 Å². The van der Waals surface area contributed by atoms with E-state index in [9.17, 15) is 13.2 Å². The number of amides is 1. The summed E-state index contributed by atoms with van der Waals surface area (Å²) in [5, 5.41) is 4.86. The SMILES string of the molecule is CN(c1ccc(OCC(=O)Nc2cccc3ccccc23)cc1)S(C)(=O)=O. The van der Waals surface area contributed by atoms with Crippen molar-refractivity contribution in [2.24, 2.45) is 0 Å². The molecule has 0 aromatic heterocycles. The van der Waals surface area contributed by atoms with Gasteiger partial charge in [0.1, 0.15) is 5.75 Å². The minimum atomic E-state index is -3.32. The smallest absolute Gasteiger partial charge is 0.262 e. The number of nitrogens with one attached hydrogen (secondary N) is 1. The van der Waals surface area contributed by atoms with E-state index in [2.05, 4.69) is 5.32 Å². The summed E-state index contributed by atoms with van der Waals surface area (Å²) in [5.74, 6) is 0.206. The molecule has 0 saturated carbocycles. The lowest BCUT2D eigenvalue weighted by Crippen LogP contribution is -2.24. The van der Waals surface area contributed by atoms with Crippen LogP contribution in [0, 0.1) is 0 Å². The minimum Gasteiger partial charge on any atom is -0.484 e. The van der Waals surface area contributed by atoms with Crippen molar-refractivity contribution >= 4 is 38.1 Å². The first kappa shape index (κ1) is 18.7. The molecule has 3 rings (SSSR count). The highest BCUT2D eigenvalue weighted by Crippen LogP contribution is 2.23. The summed E-state index contributed by atoms with van der Waals surface area (Å²) in [6, 6.07) is 20.0. The van der Waals surface area contributed by atoms with E-state index >= 15 is 0 Å². The zero-order valence-electron chi connectivity index (χ0n) is 15.0. The van der Waals surface area contributed by atoms with Crippen LogP contribution in [0.25, 0.3) is 10.8 Å². The number of carbonyl (C=O) groups is 1. The monoisotopic (exact) mass is 384 g/mol. The number of nitrogens with zero attached hydrogens (tertiary/aromatic N) is 1. The third-order valence-electron chi connectivity index (χ3n) is 4.13. The maximum atomic E-state index is 12.2. The second kappa shape index (κ2) is 7.67. The molecule has 3 aromatic carbocycles. The van der Waals surface area contributed by atoms with E-state index in [0.29, 0.717) is 11.4 Å². The van der Waals surface area contributed by atoms with Gasteiger partial charge in [0.05, 0.1) is 11.9 Å². The standard InChI is InChI=1S/C20H20N2O4S/c1-22(27(2,24)25)16-10-12-17(13-11-16)26-14-20(23)21-19-9-5-7-15-6-3-4-8-18(15)19/h3-13H,14H2,1-2H3,(H,21,23). The fourth-order valence-corrected chi connectivity index (χ4v) is 3.12. The average molecular weight is 384 g/mol. The molecule has 1 amide bonds. The molecule has 0 saturated heterocycles. The summed E-state index contributed by atoms with van der Waals surface area (Å²) in [7, 11) is -1.84. The van der Waals surface area contributed by atoms with Crippen LogP contribution in [0.1, 0.15) is 0 Å². The maximum absolute atomic E-state index is 12.2. The van der Waals surface area contributed by atoms with Crippen molar-refractivity contribution in [2.45, 2.75) is 0 Å². The summed E-state index contributed by atoms with van der Waals surface area (Å²) in [5.41, 5.74) is 1.25. The quantitative estimate of drug-likeness (QED) is 0.708. The Morgan fingerprint density at radius 2 is 1.67 bits per heavy atom. The highest BCUT2D eigenvalue weighted by atomic mass is 32.2. The molecule has 1 N–H and O–H groups in total. The first-order valence-electron chi connectivity index (χ1n) is 8.29. The highest BCUT2D eigenvalue weighted by molar-refractivity contribution is 7.92. The second-order valence-corrected chi connectivity index (χ2v) is 8.10.